The maximum atomic E-state index is 12.6. The number of carboxylic acids is 1. The number of oxime groups is 1. The summed E-state index contributed by atoms with van der Waals surface area (Å²) in [6, 6.07) is 2.71. The SMILES string of the molecule is CC/C(=N/OCC(=O)O)c1ccc(F)cn1. The highest BCUT2D eigenvalue weighted by atomic mass is 19.1. The largest absolute Gasteiger partial charge is 0.479 e. The first-order valence-corrected chi connectivity index (χ1v) is 4.66. The van der Waals surface area contributed by atoms with Crippen molar-refractivity contribution in [3.05, 3.63) is 29.8 Å². The van der Waals surface area contributed by atoms with E-state index in [1.165, 1.54) is 12.1 Å². The molecule has 1 N–H and O–H groups in total. The molecule has 1 heterocycles. The second kappa shape index (κ2) is 5.79. The molecule has 0 bridgehead atoms. The summed E-state index contributed by atoms with van der Waals surface area (Å²) in [6.07, 6.45) is 1.58. The Morgan fingerprint density at radius 1 is 1.62 bits per heavy atom. The van der Waals surface area contributed by atoms with Gasteiger partial charge >= 0.3 is 5.97 Å². The zero-order valence-electron chi connectivity index (χ0n) is 8.68. The van der Waals surface area contributed by atoms with Gasteiger partial charge in [-0.2, -0.15) is 0 Å². The third-order valence-electron chi connectivity index (χ3n) is 1.72. The number of pyridine rings is 1. The van der Waals surface area contributed by atoms with Crippen molar-refractivity contribution in [1.82, 2.24) is 4.98 Å². The Labute approximate surface area is 91.6 Å². The smallest absolute Gasteiger partial charge is 0.344 e. The van der Waals surface area contributed by atoms with Crippen molar-refractivity contribution in [3.8, 4) is 0 Å². The molecular formula is C10H11FN2O3. The van der Waals surface area contributed by atoms with Crippen LogP contribution in [-0.2, 0) is 9.63 Å². The molecule has 1 aromatic rings. The Morgan fingerprint density at radius 3 is 2.88 bits per heavy atom. The summed E-state index contributed by atoms with van der Waals surface area (Å²) in [7, 11) is 0. The lowest BCUT2D eigenvalue weighted by Crippen LogP contribution is -2.07. The van der Waals surface area contributed by atoms with E-state index in [4.69, 9.17) is 5.11 Å². The van der Waals surface area contributed by atoms with Gasteiger partial charge in [-0.25, -0.2) is 9.18 Å². The number of rotatable bonds is 5. The number of aromatic nitrogens is 1. The van der Waals surface area contributed by atoms with Gasteiger partial charge in [0.15, 0.2) is 0 Å². The first-order chi connectivity index (χ1) is 7.63. The average molecular weight is 226 g/mol. The van der Waals surface area contributed by atoms with Gasteiger partial charge in [-0.05, 0) is 18.6 Å². The molecule has 16 heavy (non-hydrogen) atoms. The molecule has 0 atom stereocenters. The molecule has 0 unspecified atom stereocenters. The fraction of sp³-hybridized carbons (Fsp3) is 0.300. The molecule has 0 aliphatic heterocycles. The molecule has 0 aliphatic carbocycles. The summed E-state index contributed by atoms with van der Waals surface area (Å²) in [5.74, 6) is -1.54. The third kappa shape index (κ3) is 3.64. The van der Waals surface area contributed by atoms with Crippen LogP contribution in [0.2, 0.25) is 0 Å². The van der Waals surface area contributed by atoms with E-state index in [2.05, 4.69) is 15.0 Å². The van der Waals surface area contributed by atoms with Gasteiger partial charge in [-0.3, -0.25) is 4.98 Å². The van der Waals surface area contributed by atoms with Crippen molar-refractivity contribution in [3.63, 3.8) is 0 Å². The summed E-state index contributed by atoms with van der Waals surface area (Å²) >= 11 is 0. The zero-order chi connectivity index (χ0) is 12.0. The van der Waals surface area contributed by atoms with E-state index in [1.807, 2.05) is 6.92 Å². The Bertz CT molecular complexity index is 390. The summed E-state index contributed by atoms with van der Waals surface area (Å²) in [5.41, 5.74) is 0.940. The minimum atomic E-state index is -1.11. The van der Waals surface area contributed by atoms with Crippen molar-refractivity contribution in [2.75, 3.05) is 6.61 Å². The highest BCUT2D eigenvalue weighted by Crippen LogP contribution is 2.03. The lowest BCUT2D eigenvalue weighted by Gasteiger charge is -2.02. The monoisotopic (exact) mass is 226 g/mol. The van der Waals surface area contributed by atoms with Gasteiger partial charge in [0.25, 0.3) is 0 Å². The number of hydrogen-bond donors (Lipinski definition) is 1. The maximum absolute atomic E-state index is 12.6. The highest BCUT2D eigenvalue weighted by molar-refractivity contribution is 5.98. The Balaban J connectivity index is 2.73. The zero-order valence-corrected chi connectivity index (χ0v) is 8.68. The molecule has 0 radical (unpaired) electrons. The van der Waals surface area contributed by atoms with Crippen LogP contribution in [0, 0.1) is 5.82 Å². The minimum Gasteiger partial charge on any atom is -0.479 e. The van der Waals surface area contributed by atoms with Gasteiger partial charge < -0.3 is 9.94 Å². The summed E-state index contributed by atoms with van der Waals surface area (Å²) in [6.45, 7) is 1.30. The van der Waals surface area contributed by atoms with Crippen molar-refractivity contribution in [2.45, 2.75) is 13.3 Å². The second-order valence-electron chi connectivity index (χ2n) is 2.92. The standard InChI is InChI=1S/C10H11FN2O3/c1-2-8(13-16-6-10(14)15)9-4-3-7(11)5-12-9/h3-5H,2,6H2,1H3,(H,14,15)/b13-8-. The van der Waals surface area contributed by atoms with E-state index in [9.17, 15) is 9.18 Å². The maximum Gasteiger partial charge on any atom is 0.344 e. The van der Waals surface area contributed by atoms with Crippen LogP contribution in [0.5, 0.6) is 0 Å². The molecule has 0 amide bonds. The van der Waals surface area contributed by atoms with Gasteiger partial charge in [-0.15, -0.1) is 0 Å². The number of carboxylic acid groups (broad SMARTS) is 1. The molecule has 86 valence electrons. The fourth-order valence-electron chi connectivity index (χ4n) is 1.00. The van der Waals surface area contributed by atoms with Crippen molar-refractivity contribution >= 4 is 11.7 Å². The normalized spacial score (nSPS) is 11.2. The minimum absolute atomic E-state index is 0.439. The molecule has 0 aliphatic rings. The molecule has 5 nitrogen and oxygen atoms in total. The summed E-state index contributed by atoms with van der Waals surface area (Å²) in [5, 5.41) is 12.0. The quantitative estimate of drug-likeness (QED) is 0.609. The topological polar surface area (TPSA) is 71.8 Å². The van der Waals surface area contributed by atoms with Gasteiger partial charge in [-0.1, -0.05) is 12.1 Å². The summed E-state index contributed by atoms with van der Waals surface area (Å²) in [4.78, 5) is 18.6. The number of hydrogen-bond acceptors (Lipinski definition) is 4. The molecule has 1 aromatic heterocycles. The Morgan fingerprint density at radius 2 is 2.38 bits per heavy atom. The van der Waals surface area contributed by atoms with Crippen molar-refractivity contribution in [2.24, 2.45) is 5.16 Å². The van der Waals surface area contributed by atoms with Crippen LogP contribution in [0.4, 0.5) is 4.39 Å². The van der Waals surface area contributed by atoms with Gasteiger partial charge in [0.2, 0.25) is 6.61 Å². The van der Waals surface area contributed by atoms with Crippen LogP contribution in [0.25, 0.3) is 0 Å². The van der Waals surface area contributed by atoms with E-state index < -0.39 is 18.4 Å². The number of carbonyl (C=O) groups is 1. The highest BCUT2D eigenvalue weighted by Gasteiger charge is 2.04. The second-order valence-corrected chi connectivity index (χ2v) is 2.92. The number of nitrogens with zero attached hydrogens (tertiary/aromatic N) is 2. The van der Waals surface area contributed by atoms with Gasteiger partial charge in [0, 0.05) is 0 Å². The van der Waals surface area contributed by atoms with Crippen LogP contribution in [0.15, 0.2) is 23.5 Å². The molecule has 0 saturated heterocycles. The average Bonchev–Trinajstić information content (AvgIpc) is 2.26. The lowest BCUT2D eigenvalue weighted by molar-refractivity contribution is -0.142. The molecule has 0 aromatic carbocycles. The lowest BCUT2D eigenvalue weighted by atomic mass is 10.2. The first-order valence-electron chi connectivity index (χ1n) is 4.66. The van der Waals surface area contributed by atoms with E-state index in [1.54, 1.807) is 0 Å². The molecular weight excluding hydrogens is 215 g/mol. The van der Waals surface area contributed by atoms with Crippen LogP contribution in [-0.4, -0.2) is 28.4 Å². The predicted octanol–water partition coefficient (Wildman–Crippen LogP) is 1.44. The first kappa shape index (κ1) is 12.1. The van der Waals surface area contributed by atoms with Crippen LogP contribution in [0.1, 0.15) is 19.0 Å². The van der Waals surface area contributed by atoms with E-state index in [0.717, 1.165) is 6.20 Å². The van der Waals surface area contributed by atoms with Crippen molar-refractivity contribution < 1.29 is 19.1 Å². The van der Waals surface area contributed by atoms with Crippen LogP contribution in [0.3, 0.4) is 0 Å². The molecule has 1 rings (SSSR count). The van der Waals surface area contributed by atoms with Gasteiger partial charge in [0.05, 0.1) is 11.9 Å². The molecule has 0 spiro atoms. The van der Waals surface area contributed by atoms with E-state index in [0.29, 0.717) is 17.8 Å². The molecule has 6 heteroatoms. The van der Waals surface area contributed by atoms with Crippen LogP contribution < -0.4 is 0 Å². The van der Waals surface area contributed by atoms with Gasteiger partial charge in [0.1, 0.15) is 11.5 Å². The Kier molecular flexibility index (Phi) is 4.38. The third-order valence-corrected chi connectivity index (χ3v) is 1.72. The number of halogens is 1. The molecule has 0 fully saturated rings. The Hall–Kier alpha value is -1.98. The van der Waals surface area contributed by atoms with E-state index >= 15 is 0 Å². The van der Waals surface area contributed by atoms with E-state index in [-0.39, 0.29) is 0 Å². The number of aliphatic carboxylic acids is 1. The fourth-order valence-corrected chi connectivity index (χ4v) is 1.00. The van der Waals surface area contributed by atoms with Crippen molar-refractivity contribution in [1.29, 1.82) is 0 Å². The molecule has 0 saturated carbocycles. The summed E-state index contributed by atoms with van der Waals surface area (Å²) < 4.78 is 12.6. The predicted molar refractivity (Wildman–Crippen MR) is 54.6 cm³/mol. The van der Waals surface area contributed by atoms with Crippen LogP contribution >= 0.6 is 0 Å².